The Labute approximate surface area is 462 Å². The van der Waals surface area contributed by atoms with Gasteiger partial charge in [-0.15, -0.1) is 0 Å². The monoisotopic (exact) mass is 1000 g/mol. The molecule has 0 fully saturated rings. The predicted molar refractivity (Wildman–Crippen MR) is 336 cm³/mol. The maximum absolute atomic E-state index is 2.61. The zero-order valence-electron chi connectivity index (χ0n) is 48.4. The standard InChI is InChI=1S/C74H77BN2/c1-70(2,3)53-41-52(42-54(45-53)71(4,5)6)48-33-37-56(38-34-48)76-65-39-35-50(57-27-19-22-30-60(57)73(10,11)12)43-62(65)75-63-44-51(58-28-20-23-31-61(58)74(13,14)15)36-40-66(63)77(68-47-55(72(7,8)9)46-67(76)69(68)75)64-32-24-21-29-59(64)49-25-17-16-18-26-49/h16-47H,1-15H3. The Morgan fingerprint density at radius 1 is 0.273 bits per heavy atom. The molecule has 0 atom stereocenters. The first kappa shape index (κ1) is 51.7. The van der Waals surface area contributed by atoms with Crippen LogP contribution in [0.1, 0.15) is 132 Å². The van der Waals surface area contributed by atoms with Gasteiger partial charge in [0.05, 0.1) is 5.69 Å². The van der Waals surface area contributed by atoms with Crippen LogP contribution in [0.5, 0.6) is 0 Å². The lowest BCUT2D eigenvalue weighted by Crippen LogP contribution is -2.61. The summed E-state index contributed by atoms with van der Waals surface area (Å²) in [5.74, 6) is 0. The van der Waals surface area contributed by atoms with Crippen molar-refractivity contribution in [1.82, 2.24) is 0 Å². The fourth-order valence-electron chi connectivity index (χ4n) is 12.1. The van der Waals surface area contributed by atoms with E-state index >= 15 is 0 Å². The Kier molecular flexibility index (Phi) is 12.6. The molecule has 2 heterocycles. The second-order valence-corrected chi connectivity index (χ2v) is 27.1. The normalized spacial score (nSPS) is 13.6. The molecule has 0 N–H and O–H groups in total. The van der Waals surface area contributed by atoms with Crippen molar-refractivity contribution >= 4 is 57.2 Å². The average molecular weight is 1010 g/mol. The Hall–Kier alpha value is -7.36. The van der Waals surface area contributed by atoms with Crippen molar-refractivity contribution in [3.05, 3.63) is 222 Å². The third kappa shape index (κ3) is 9.45. The number of hydrogen-bond donors (Lipinski definition) is 0. The molecule has 9 aromatic rings. The smallest absolute Gasteiger partial charge is 0.252 e. The molecule has 0 spiro atoms. The molecule has 77 heavy (non-hydrogen) atoms. The highest BCUT2D eigenvalue weighted by Crippen LogP contribution is 2.50. The molecular weight excluding hydrogens is 928 g/mol. The van der Waals surface area contributed by atoms with Gasteiger partial charge in [-0.25, -0.2) is 0 Å². The number of hydrogen-bond acceptors (Lipinski definition) is 2. The van der Waals surface area contributed by atoms with E-state index < -0.39 is 0 Å². The van der Waals surface area contributed by atoms with Crippen molar-refractivity contribution in [1.29, 1.82) is 0 Å². The molecule has 0 saturated carbocycles. The first-order valence-electron chi connectivity index (χ1n) is 28.0. The van der Waals surface area contributed by atoms with E-state index in [1.165, 1.54) is 111 Å². The molecule has 0 radical (unpaired) electrons. The average Bonchev–Trinajstić information content (AvgIpc) is 3.59. The summed E-state index contributed by atoms with van der Waals surface area (Å²) in [6.45, 7) is 35.0. The first-order valence-corrected chi connectivity index (χ1v) is 28.0. The minimum atomic E-state index is -0.161. The summed E-state index contributed by atoms with van der Waals surface area (Å²) >= 11 is 0. The molecule has 2 aliphatic rings. The largest absolute Gasteiger partial charge is 0.311 e. The summed E-state index contributed by atoms with van der Waals surface area (Å²) in [5.41, 5.74) is 27.5. The van der Waals surface area contributed by atoms with Gasteiger partial charge in [0.1, 0.15) is 0 Å². The third-order valence-electron chi connectivity index (χ3n) is 16.4. The zero-order valence-corrected chi connectivity index (χ0v) is 48.4. The van der Waals surface area contributed by atoms with Crippen LogP contribution in [0.3, 0.4) is 0 Å². The molecule has 0 bridgehead atoms. The SMILES string of the molecule is CC(C)(C)c1cc(-c2ccc(N3c4ccc(-c5ccccc5C(C)(C)C)cc4B4c5cc(-c6ccccc6C(C)(C)C)ccc5N(c5ccccc5-c5ccccc5)c5cc(C(C)(C)C)cc3c54)cc2)cc(C(C)(C)C)c1. The number of fused-ring (bicyclic) bond motifs is 4. The fraction of sp³-hybridized carbons (Fsp3) is 0.270. The van der Waals surface area contributed by atoms with Crippen LogP contribution >= 0.6 is 0 Å². The topological polar surface area (TPSA) is 6.48 Å². The van der Waals surface area contributed by atoms with E-state index in [0.717, 1.165) is 11.4 Å². The van der Waals surface area contributed by atoms with Crippen LogP contribution in [-0.4, -0.2) is 6.71 Å². The molecule has 386 valence electrons. The van der Waals surface area contributed by atoms with Gasteiger partial charge in [-0.05, 0) is 153 Å². The minimum absolute atomic E-state index is 0.0122. The van der Waals surface area contributed by atoms with E-state index in [-0.39, 0.29) is 33.8 Å². The predicted octanol–water partition coefficient (Wildman–Crippen LogP) is 18.9. The quantitative estimate of drug-likeness (QED) is 0.153. The Morgan fingerprint density at radius 2 is 0.688 bits per heavy atom. The van der Waals surface area contributed by atoms with Crippen LogP contribution in [0.15, 0.2) is 194 Å². The number of para-hydroxylation sites is 1. The van der Waals surface area contributed by atoms with E-state index in [0.29, 0.717) is 0 Å². The van der Waals surface area contributed by atoms with Crippen molar-refractivity contribution < 1.29 is 0 Å². The second kappa shape index (κ2) is 18.7. The van der Waals surface area contributed by atoms with Crippen LogP contribution in [0.2, 0.25) is 0 Å². The molecule has 0 aliphatic carbocycles. The summed E-state index contributed by atoms with van der Waals surface area (Å²) in [7, 11) is 0. The summed E-state index contributed by atoms with van der Waals surface area (Å²) < 4.78 is 0. The molecule has 0 amide bonds. The molecule has 9 aromatic carbocycles. The Balaban J connectivity index is 1.23. The lowest BCUT2D eigenvalue weighted by Gasteiger charge is -2.45. The maximum atomic E-state index is 2.61. The lowest BCUT2D eigenvalue weighted by molar-refractivity contribution is 0.569. The van der Waals surface area contributed by atoms with E-state index in [1.54, 1.807) is 0 Å². The van der Waals surface area contributed by atoms with Gasteiger partial charge in [0.25, 0.3) is 6.71 Å². The van der Waals surface area contributed by atoms with Gasteiger partial charge >= 0.3 is 0 Å². The molecule has 0 unspecified atom stereocenters. The third-order valence-corrected chi connectivity index (χ3v) is 16.4. The van der Waals surface area contributed by atoms with Crippen molar-refractivity contribution in [2.24, 2.45) is 0 Å². The first-order chi connectivity index (χ1) is 36.4. The second-order valence-electron chi connectivity index (χ2n) is 27.1. The van der Waals surface area contributed by atoms with Crippen LogP contribution in [0, 0.1) is 0 Å². The van der Waals surface area contributed by atoms with Crippen molar-refractivity contribution in [3.8, 4) is 44.5 Å². The van der Waals surface area contributed by atoms with E-state index in [9.17, 15) is 0 Å². The molecule has 0 saturated heterocycles. The van der Waals surface area contributed by atoms with Crippen molar-refractivity contribution in [2.45, 2.75) is 131 Å². The molecule has 2 nitrogen and oxygen atoms in total. The van der Waals surface area contributed by atoms with Gasteiger partial charge < -0.3 is 9.80 Å². The van der Waals surface area contributed by atoms with Gasteiger partial charge in [0.2, 0.25) is 0 Å². The Bertz CT molecular complexity index is 3680. The van der Waals surface area contributed by atoms with E-state index in [1.807, 2.05) is 0 Å². The van der Waals surface area contributed by atoms with Crippen molar-refractivity contribution in [3.63, 3.8) is 0 Å². The lowest BCUT2D eigenvalue weighted by atomic mass is 9.33. The number of anilines is 6. The molecule has 0 aromatic heterocycles. The van der Waals surface area contributed by atoms with Gasteiger partial charge in [-0.1, -0.05) is 256 Å². The summed E-state index contributed by atoms with van der Waals surface area (Å²) in [6, 6.07) is 74.6. The van der Waals surface area contributed by atoms with Crippen LogP contribution in [0.4, 0.5) is 34.1 Å². The number of rotatable bonds is 6. The fourth-order valence-corrected chi connectivity index (χ4v) is 12.1. The van der Waals surface area contributed by atoms with Crippen molar-refractivity contribution in [2.75, 3.05) is 9.80 Å². The summed E-state index contributed by atoms with van der Waals surface area (Å²) in [5, 5.41) is 0. The number of nitrogens with zero attached hydrogens (tertiary/aromatic N) is 2. The highest BCUT2D eigenvalue weighted by Gasteiger charge is 2.45. The zero-order chi connectivity index (χ0) is 54.6. The van der Waals surface area contributed by atoms with Gasteiger partial charge in [0, 0.05) is 34.0 Å². The van der Waals surface area contributed by atoms with Gasteiger partial charge in [-0.3, -0.25) is 0 Å². The summed E-state index contributed by atoms with van der Waals surface area (Å²) in [4.78, 5) is 5.21. The van der Waals surface area contributed by atoms with Gasteiger partial charge in [-0.2, -0.15) is 0 Å². The Morgan fingerprint density at radius 3 is 1.18 bits per heavy atom. The van der Waals surface area contributed by atoms with Crippen LogP contribution in [-0.2, 0) is 27.1 Å². The number of benzene rings is 9. The van der Waals surface area contributed by atoms with E-state index in [2.05, 4.69) is 308 Å². The highest BCUT2D eigenvalue weighted by molar-refractivity contribution is 7.00. The molecule has 3 heteroatoms. The van der Waals surface area contributed by atoms with Crippen LogP contribution in [0.25, 0.3) is 44.5 Å². The minimum Gasteiger partial charge on any atom is -0.311 e. The molecule has 2 aliphatic heterocycles. The summed E-state index contributed by atoms with van der Waals surface area (Å²) in [6.07, 6.45) is 0. The van der Waals surface area contributed by atoms with E-state index in [4.69, 9.17) is 0 Å². The van der Waals surface area contributed by atoms with Gasteiger partial charge in [0.15, 0.2) is 0 Å². The maximum Gasteiger partial charge on any atom is 0.252 e. The molecule has 11 rings (SSSR count). The molecular formula is C74H77BN2. The highest BCUT2D eigenvalue weighted by atomic mass is 15.2. The van der Waals surface area contributed by atoms with Crippen LogP contribution < -0.4 is 26.2 Å².